The Kier molecular flexibility index (Phi) is 7.37. The Hall–Kier alpha value is -2.65. The van der Waals surface area contributed by atoms with Crippen molar-refractivity contribution in [3.05, 3.63) is 41.5 Å². The van der Waals surface area contributed by atoms with E-state index in [4.69, 9.17) is 14.7 Å². The van der Waals surface area contributed by atoms with Crippen molar-refractivity contribution >= 4 is 18.0 Å². The van der Waals surface area contributed by atoms with E-state index in [9.17, 15) is 9.59 Å². The van der Waals surface area contributed by atoms with Gasteiger partial charge in [0.2, 0.25) is 0 Å². The molecule has 0 aliphatic carbocycles. The summed E-state index contributed by atoms with van der Waals surface area (Å²) in [6.07, 6.45) is 1.91. The van der Waals surface area contributed by atoms with Crippen molar-refractivity contribution in [3.8, 4) is 6.07 Å². The van der Waals surface area contributed by atoms with Crippen LogP contribution in [0.4, 0.5) is 0 Å². The largest absolute Gasteiger partial charge is 0.449 e. The smallest absolute Gasteiger partial charge is 0.331 e. The van der Waals surface area contributed by atoms with Gasteiger partial charge in [0.1, 0.15) is 0 Å². The zero-order chi connectivity index (χ0) is 16.4. The molecule has 0 heterocycles. The molecular formula is C16H18N2O4. The zero-order valence-electron chi connectivity index (χ0n) is 12.5. The van der Waals surface area contributed by atoms with Gasteiger partial charge in [0.15, 0.2) is 6.10 Å². The summed E-state index contributed by atoms with van der Waals surface area (Å²) in [6.45, 7) is 2.25. The van der Waals surface area contributed by atoms with E-state index in [0.717, 1.165) is 5.56 Å². The minimum Gasteiger partial charge on any atom is -0.449 e. The fourth-order valence-corrected chi connectivity index (χ4v) is 1.52. The summed E-state index contributed by atoms with van der Waals surface area (Å²) in [6, 6.07) is 8.73. The molecule has 0 aliphatic heterocycles. The molecule has 1 aromatic carbocycles. The van der Waals surface area contributed by atoms with Gasteiger partial charge in [0, 0.05) is 19.7 Å². The Morgan fingerprint density at radius 1 is 1.36 bits per heavy atom. The number of ether oxygens (including phenoxy) is 2. The van der Waals surface area contributed by atoms with Gasteiger partial charge in [-0.2, -0.15) is 5.26 Å². The van der Waals surface area contributed by atoms with E-state index in [1.807, 2.05) is 6.07 Å². The number of hydrogen-bond acceptors (Lipinski definition) is 5. The number of esters is 1. The normalized spacial score (nSPS) is 11.7. The van der Waals surface area contributed by atoms with Gasteiger partial charge in [0.05, 0.1) is 18.2 Å². The van der Waals surface area contributed by atoms with Crippen LogP contribution in [0, 0.1) is 11.3 Å². The van der Waals surface area contributed by atoms with Crippen molar-refractivity contribution in [3.63, 3.8) is 0 Å². The van der Waals surface area contributed by atoms with Crippen LogP contribution < -0.4 is 5.32 Å². The molecule has 22 heavy (non-hydrogen) atoms. The predicted molar refractivity (Wildman–Crippen MR) is 80.6 cm³/mol. The van der Waals surface area contributed by atoms with Crippen LogP contribution in [0.2, 0.25) is 0 Å². The zero-order valence-corrected chi connectivity index (χ0v) is 12.5. The number of benzene rings is 1. The van der Waals surface area contributed by atoms with Gasteiger partial charge in [-0.3, -0.25) is 4.79 Å². The number of methoxy groups -OCH3 is 1. The first-order chi connectivity index (χ1) is 10.6. The Balaban J connectivity index is 2.45. The number of nitriles is 1. The van der Waals surface area contributed by atoms with E-state index in [2.05, 4.69) is 5.32 Å². The fourth-order valence-electron chi connectivity index (χ4n) is 1.52. The number of nitrogens with one attached hydrogen (secondary N) is 1. The lowest BCUT2D eigenvalue weighted by Crippen LogP contribution is -2.37. The molecular weight excluding hydrogens is 284 g/mol. The van der Waals surface area contributed by atoms with Gasteiger partial charge in [-0.1, -0.05) is 12.1 Å². The molecule has 0 radical (unpaired) electrons. The van der Waals surface area contributed by atoms with Gasteiger partial charge >= 0.3 is 5.97 Å². The average molecular weight is 302 g/mol. The first-order valence-corrected chi connectivity index (χ1v) is 6.72. The summed E-state index contributed by atoms with van der Waals surface area (Å²) in [5.74, 6) is -0.990. The highest BCUT2D eigenvalue weighted by molar-refractivity contribution is 5.90. The second-order valence-electron chi connectivity index (χ2n) is 4.43. The fraction of sp³-hybridized carbons (Fsp3) is 0.312. The lowest BCUT2D eigenvalue weighted by molar-refractivity contribution is -0.150. The maximum absolute atomic E-state index is 11.6. The van der Waals surface area contributed by atoms with Crippen molar-refractivity contribution in [1.29, 1.82) is 5.26 Å². The Morgan fingerprint density at radius 2 is 2.05 bits per heavy atom. The van der Waals surface area contributed by atoms with Crippen LogP contribution in [0.25, 0.3) is 6.08 Å². The molecule has 0 bridgehead atoms. The topological polar surface area (TPSA) is 88.4 Å². The number of carbonyl (C=O) groups excluding carboxylic acids is 2. The molecule has 0 spiro atoms. The summed E-state index contributed by atoms with van der Waals surface area (Å²) >= 11 is 0. The van der Waals surface area contributed by atoms with E-state index >= 15 is 0 Å². The minimum absolute atomic E-state index is 0.359. The molecule has 0 aromatic heterocycles. The molecule has 0 fully saturated rings. The average Bonchev–Trinajstić information content (AvgIpc) is 2.53. The van der Waals surface area contributed by atoms with E-state index in [-0.39, 0.29) is 5.91 Å². The summed E-state index contributed by atoms with van der Waals surface area (Å²) in [7, 11) is 1.53. The Bertz CT molecular complexity index is 573. The van der Waals surface area contributed by atoms with Crippen LogP contribution in [-0.2, 0) is 19.1 Å². The maximum atomic E-state index is 11.6. The molecule has 1 amide bonds. The van der Waals surface area contributed by atoms with Gasteiger partial charge in [-0.25, -0.2) is 4.79 Å². The maximum Gasteiger partial charge on any atom is 0.331 e. The highest BCUT2D eigenvalue weighted by atomic mass is 16.5. The molecule has 116 valence electrons. The molecule has 1 rings (SSSR count). The number of amides is 1. The van der Waals surface area contributed by atoms with Gasteiger partial charge in [-0.15, -0.1) is 0 Å². The molecule has 6 heteroatoms. The van der Waals surface area contributed by atoms with E-state index in [0.29, 0.717) is 18.7 Å². The highest BCUT2D eigenvalue weighted by Crippen LogP contribution is 2.05. The van der Waals surface area contributed by atoms with Crippen LogP contribution in [-0.4, -0.2) is 38.2 Å². The SMILES string of the molecule is COCCNC(=O)[C@H](C)OC(=O)/C=C/c1ccc(C#N)cc1. The molecule has 0 saturated heterocycles. The van der Waals surface area contributed by atoms with Crippen molar-refractivity contribution in [2.45, 2.75) is 13.0 Å². The lowest BCUT2D eigenvalue weighted by Gasteiger charge is -2.11. The monoisotopic (exact) mass is 302 g/mol. The standard InChI is InChI=1S/C16H18N2O4/c1-12(16(20)18-9-10-21-2)22-15(19)8-7-13-3-5-14(11-17)6-4-13/h3-8,12H,9-10H2,1-2H3,(H,18,20)/b8-7+/t12-/m0/s1. The van der Waals surface area contributed by atoms with Crippen LogP contribution in [0.15, 0.2) is 30.3 Å². The van der Waals surface area contributed by atoms with E-state index in [1.165, 1.54) is 20.1 Å². The molecule has 6 nitrogen and oxygen atoms in total. The number of hydrogen-bond donors (Lipinski definition) is 1. The summed E-state index contributed by atoms with van der Waals surface area (Å²) in [5, 5.41) is 11.3. The first-order valence-electron chi connectivity index (χ1n) is 6.72. The predicted octanol–water partition coefficient (Wildman–Crippen LogP) is 1.27. The van der Waals surface area contributed by atoms with Crippen LogP contribution in [0.5, 0.6) is 0 Å². The van der Waals surface area contributed by atoms with Crippen molar-refractivity contribution in [2.75, 3.05) is 20.3 Å². The third kappa shape index (κ3) is 6.20. The molecule has 0 aliphatic rings. The summed E-state index contributed by atoms with van der Waals surface area (Å²) in [4.78, 5) is 23.2. The second-order valence-corrected chi connectivity index (χ2v) is 4.43. The summed E-state index contributed by atoms with van der Waals surface area (Å²) < 4.78 is 9.78. The molecule has 1 N–H and O–H groups in total. The van der Waals surface area contributed by atoms with Gasteiger partial charge < -0.3 is 14.8 Å². The Morgan fingerprint density at radius 3 is 2.64 bits per heavy atom. The minimum atomic E-state index is -0.880. The third-order valence-corrected chi connectivity index (χ3v) is 2.72. The number of nitrogens with zero attached hydrogens (tertiary/aromatic N) is 1. The molecule has 1 aromatic rings. The quantitative estimate of drug-likeness (QED) is 0.465. The highest BCUT2D eigenvalue weighted by Gasteiger charge is 2.15. The van der Waals surface area contributed by atoms with Gasteiger partial charge in [-0.05, 0) is 30.7 Å². The van der Waals surface area contributed by atoms with Crippen molar-refractivity contribution in [1.82, 2.24) is 5.32 Å². The first kappa shape index (κ1) is 17.4. The van der Waals surface area contributed by atoms with Crippen LogP contribution >= 0.6 is 0 Å². The number of rotatable bonds is 7. The Labute approximate surface area is 129 Å². The third-order valence-electron chi connectivity index (χ3n) is 2.72. The van der Waals surface area contributed by atoms with Crippen LogP contribution in [0.1, 0.15) is 18.1 Å². The number of carbonyl (C=O) groups is 2. The van der Waals surface area contributed by atoms with Gasteiger partial charge in [0.25, 0.3) is 5.91 Å². The second kappa shape index (κ2) is 9.32. The van der Waals surface area contributed by atoms with Crippen molar-refractivity contribution in [2.24, 2.45) is 0 Å². The molecule has 1 atom stereocenters. The van der Waals surface area contributed by atoms with Crippen molar-refractivity contribution < 1.29 is 19.1 Å². The lowest BCUT2D eigenvalue weighted by atomic mass is 10.1. The van der Waals surface area contributed by atoms with E-state index < -0.39 is 12.1 Å². The van der Waals surface area contributed by atoms with E-state index in [1.54, 1.807) is 30.3 Å². The molecule has 0 saturated carbocycles. The molecule has 0 unspecified atom stereocenters. The van der Waals surface area contributed by atoms with Crippen LogP contribution in [0.3, 0.4) is 0 Å². The summed E-state index contributed by atoms with van der Waals surface area (Å²) in [5.41, 5.74) is 1.30.